The van der Waals surface area contributed by atoms with E-state index in [0.29, 0.717) is 5.82 Å². The zero-order valence-electron chi connectivity index (χ0n) is 12.2. The maximum Gasteiger partial charge on any atom is 0.153 e. The number of methoxy groups -OCH3 is 1. The summed E-state index contributed by atoms with van der Waals surface area (Å²) in [5.41, 5.74) is 10.5. The maximum atomic E-state index is 6.03. The molecular formula is C15H17N5O. The van der Waals surface area contributed by atoms with Gasteiger partial charge in [0.1, 0.15) is 11.4 Å². The molecule has 108 valence electrons. The van der Waals surface area contributed by atoms with E-state index in [4.69, 9.17) is 10.5 Å². The molecule has 0 saturated carbocycles. The third-order valence-electron chi connectivity index (χ3n) is 3.45. The predicted molar refractivity (Wildman–Crippen MR) is 81.9 cm³/mol. The number of H-pyrrole nitrogens is 1. The molecule has 3 rings (SSSR count). The number of nitrogens with two attached hydrogens (primary N) is 1. The zero-order valence-corrected chi connectivity index (χ0v) is 12.2. The quantitative estimate of drug-likeness (QED) is 0.773. The molecule has 6 nitrogen and oxygen atoms in total. The Labute approximate surface area is 122 Å². The van der Waals surface area contributed by atoms with Crippen molar-refractivity contribution in [3.05, 3.63) is 36.3 Å². The van der Waals surface area contributed by atoms with Crippen molar-refractivity contribution in [2.45, 2.75) is 6.92 Å². The molecule has 21 heavy (non-hydrogen) atoms. The van der Waals surface area contributed by atoms with Crippen molar-refractivity contribution < 1.29 is 4.74 Å². The molecule has 0 unspecified atom stereocenters. The number of ether oxygens (including phenoxy) is 1. The molecule has 0 atom stereocenters. The summed E-state index contributed by atoms with van der Waals surface area (Å²) in [6.45, 7) is 2.00. The van der Waals surface area contributed by atoms with E-state index < -0.39 is 0 Å². The van der Waals surface area contributed by atoms with Gasteiger partial charge >= 0.3 is 0 Å². The molecule has 0 aliphatic heterocycles. The van der Waals surface area contributed by atoms with Crippen LogP contribution < -0.4 is 10.5 Å². The van der Waals surface area contributed by atoms with Crippen molar-refractivity contribution in [3.8, 4) is 28.3 Å². The van der Waals surface area contributed by atoms with E-state index in [1.54, 1.807) is 13.4 Å². The molecule has 0 aliphatic carbocycles. The van der Waals surface area contributed by atoms with Crippen LogP contribution in [-0.2, 0) is 7.05 Å². The highest BCUT2D eigenvalue weighted by atomic mass is 16.5. The van der Waals surface area contributed by atoms with E-state index >= 15 is 0 Å². The lowest BCUT2D eigenvalue weighted by Gasteiger charge is -2.08. The van der Waals surface area contributed by atoms with Gasteiger partial charge < -0.3 is 15.0 Å². The number of imidazole rings is 1. The van der Waals surface area contributed by atoms with Gasteiger partial charge in [-0.05, 0) is 24.1 Å². The van der Waals surface area contributed by atoms with Gasteiger partial charge in [-0.3, -0.25) is 5.10 Å². The van der Waals surface area contributed by atoms with E-state index in [0.717, 1.165) is 33.8 Å². The van der Waals surface area contributed by atoms with Crippen LogP contribution in [0, 0.1) is 6.92 Å². The summed E-state index contributed by atoms with van der Waals surface area (Å²) in [4.78, 5) is 4.35. The standard InChI is InChI=1S/C15H17N5O/c1-9-4-5-10(6-12(9)21-3)13-14(18-19-15(13)16)11-7-20(2)8-17-11/h4-8H,1-3H3,(H3,16,18,19). The van der Waals surface area contributed by atoms with Gasteiger partial charge in [0.2, 0.25) is 0 Å². The number of hydrogen-bond donors (Lipinski definition) is 2. The Morgan fingerprint density at radius 2 is 2.14 bits per heavy atom. The summed E-state index contributed by atoms with van der Waals surface area (Å²) in [5.74, 6) is 1.27. The first-order valence-corrected chi connectivity index (χ1v) is 6.57. The summed E-state index contributed by atoms with van der Waals surface area (Å²) in [6, 6.07) is 5.97. The van der Waals surface area contributed by atoms with E-state index in [9.17, 15) is 0 Å². The molecule has 2 heterocycles. The zero-order chi connectivity index (χ0) is 15.0. The van der Waals surface area contributed by atoms with E-state index in [1.807, 2.05) is 42.9 Å². The molecular weight excluding hydrogens is 266 g/mol. The van der Waals surface area contributed by atoms with E-state index in [1.165, 1.54) is 0 Å². The Morgan fingerprint density at radius 1 is 1.33 bits per heavy atom. The maximum absolute atomic E-state index is 6.03. The average Bonchev–Trinajstić information content (AvgIpc) is 3.05. The van der Waals surface area contributed by atoms with Gasteiger partial charge in [0.15, 0.2) is 5.82 Å². The van der Waals surface area contributed by atoms with Crippen LogP contribution in [0.1, 0.15) is 5.56 Å². The van der Waals surface area contributed by atoms with Crippen LogP contribution in [0.5, 0.6) is 5.75 Å². The lowest BCUT2D eigenvalue weighted by Crippen LogP contribution is -1.92. The van der Waals surface area contributed by atoms with Crippen LogP contribution in [-0.4, -0.2) is 26.9 Å². The summed E-state index contributed by atoms with van der Waals surface area (Å²) in [7, 11) is 3.58. The average molecular weight is 283 g/mol. The molecule has 3 aromatic rings. The highest BCUT2D eigenvalue weighted by molar-refractivity contribution is 5.87. The molecule has 0 bridgehead atoms. The summed E-state index contributed by atoms with van der Waals surface area (Å²) in [5, 5.41) is 7.08. The normalized spacial score (nSPS) is 10.8. The number of aryl methyl sites for hydroxylation is 2. The molecule has 0 aliphatic rings. The lowest BCUT2D eigenvalue weighted by molar-refractivity contribution is 0.412. The van der Waals surface area contributed by atoms with Crippen molar-refractivity contribution in [2.75, 3.05) is 12.8 Å². The van der Waals surface area contributed by atoms with Crippen molar-refractivity contribution in [1.29, 1.82) is 0 Å². The number of benzene rings is 1. The molecule has 2 aromatic heterocycles. The summed E-state index contributed by atoms with van der Waals surface area (Å²) >= 11 is 0. The van der Waals surface area contributed by atoms with E-state index in [-0.39, 0.29) is 0 Å². The first-order chi connectivity index (χ1) is 10.1. The number of nitrogens with zero attached hydrogens (tertiary/aromatic N) is 3. The molecule has 0 saturated heterocycles. The fourth-order valence-corrected chi connectivity index (χ4v) is 2.35. The molecule has 0 radical (unpaired) electrons. The van der Waals surface area contributed by atoms with Crippen LogP contribution in [0.4, 0.5) is 5.82 Å². The number of aromatic amines is 1. The SMILES string of the molecule is COc1cc(-c2c(N)n[nH]c2-c2cn(C)cn2)ccc1C. The summed E-state index contributed by atoms with van der Waals surface area (Å²) in [6.07, 6.45) is 3.66. The Balaban J connectivity index is 2.17. The first-order valence-electron chi connectivity index (χ1n) is 6.57. The van der Waals surface area contributed by atoms with Crippen LogP contribution in [0.3, 0.4) is 0 Å². The smallest absolute Gasteiger partial charge is 0.153 e. The Morgan fingerprint density at radius 3 is 2.81 bits per heavy atom. The number of hydrogen-bond acceptors (Lipinski definition) is 4. The van der Waals surface area contributed by atoms with Gasteiger partial charge in [0.05, 0.1) is 24.7 Å². The van der Waals surface area contributed by atoms with Crippen molar-refractivity contribution in [3.63, 3.8) is 0 Å². The predicted octanol–water partition coefficient (Wildman–Crippen LogP) is 2.38. The van der Waals surface area contributed by atoms with Crippen LogP contribution in [0.25, 0.3) is 22.5 Å². The topological polar surface area (TPSA) is 81.8 Å². The van der Waals surface area contributed by atoms with Gasteiger partial charge in [-0.25, -0.2) is 4.98 Å². The lowest BCUT2D eigenvalue weighted by atomic mass is 10.0. The molecule has 3 N–H and O–H groups in total. The number of nitrogens with one attached hydrogen (secondary N) is 1. The highest BCUT2D eigenvalue weighted by Crippen LogP contribution is 2.36. The highest BCUT2D eigenvalue weighted by Gasteiger charge is 2.17. The fraction of sp³-hybridized carbons (Fsp3) is 0.200. The second-order valence-electron chi connectivity index (χ2n) is 4.97. The van der Waals surface area contributed by atoms with Gasteiger partial charge in [0.25, 0.3) is 0 Å². The van der Waals surface area contributed by atoms with Crippen LogP contribution >= 0.6 is 0 Å². The van der Waals surface area contributed by atoms with Crippen molar-refractivity contribution in [1.82, 2.24) is 19.7 Å². The minimum atomic E-state index is 0.446. The fourth-order valence-electron chi connectivity index (χ4n) is 2.35. The first kappa shape index (κ1) is 13.2. The Bertz CT molecular complexity index is 787. The van der Waals surface area contributed by atoms with Crippen molar-refractivity contribution >= 4 is 5.82 Å². The van der Waals surface area contributed by atoms with Crippen LogP contribution in [0.2, 0.25) is 0 Å². The second kappa shape index (κ2) is 4.97. The largest absolute Gasteiger partial charge is 0.496 e. The number of anilines is 1. The molecule has 6 heteroatoms. The monoisotopic (exact) mass is 283 g/mol. The van der Waals surface area contributed by atoms with E-state index in [2.05, 4.69) is 15.2 Å². The van der Waals surface area contributed by atoms with Gasteiger partial charge in [-0.1, -0.05) is 12.1 Å². The minimum absolute atomic E-state index is 0.446. The molecule has 1 aromatic carbocycles. The molecule has 0 spiro atoms. The molecule has 0 fully saturated rings. The second-order valence-corrected chi connectivity index (χ2v) is 4.97. The van der Waals surface area contributed by atoms with Gasteiger partial charge in [0, 0.05) is 13.2 Å². The third kappa shape index (κ3) is 2.24. The van der Waals surface area contributed by atoms with Crippen molar-refractivity contribution in [2.24, 2.45) is 7.05 Å². The number of nitrogen functional groups attached to an aromatic ring is 1. The van der Waals surface area contributed by atoms with Gasteiger partial charge in [-0.2, -0.15) is 5.10 Å². The third-order valence-corrected chi connectivity index (χ3v) is 3.45. The Kier molecular flexibility index (Phi) is 3.13. The number of rotatable bonds is 3. The van der Waals surface area contributed by atoms with Crippen LogP contribution in [0.15, 0.2) is 30.7 Å². The summed E-state index contributed by atoms with van der Waals surface area (Å²) < 4.78 is 7.26. The Hall–Kier alpha value is -2.76. The molecule has 0 amide bonds. The minimum Gasteiger partial charge on any atom is -0.496 e. The van der Waals surface area contributed by atoms with Gasteiger partial charge in [-0.15, -0.1) is 0 Å². The number of aromatic nitrogens is 4.